The molecule has 3 unspecified atom stereocenters. The molecule has 0 spiro atoms. The topological polar surface area (TPSA) is 3.24 Å². The second-order valence-electron chi connectivity index (χ2n) is 5.59. The van der Waals surface area contributed by atoms with Gasteiger partial charge in [-0.3, -0.25) is 0 Å². The highest BCUT2D eigenvalue weighted by atomic mass is 79.9. The lowest BCUT2D eigenvalue weighted by molar-refractivity contribution is 0.192. The zero-order valence-electron chi connectivity index (χ0n) is 10.8. The van der Waals surface area contributed by atoms with Gasteiger partial charge in [0.1, 0.15) is 0 Å². The predicted octanol–water partition coefficient (Wildman–Crippen LogP) is 3.81. The number of likely N-dealkylation sites (tertiary alicyclic amines) is 1. The first-order chi connectivity index (χ1) is 8.72. The number of hydrogen-bond donors (Lipinski definition) is 0. The molecule has 1 fully saturated rings. The Morgan fingerprint density at radius 3 is 3.00 bits per heavy atom. The van der Waals surface area contributed by atoms with Crippen LogP contribution in [0.2, 0.25) is 0 Å². The number of hydrogen-bond acceptors (Lipinski definition) is 2. The number of thioether (sulfide) groups is 1. The van der Waals surface area contributed by atoms with Gasteiger partial charge in [0.05, 0.1) is 0 Å². The first kappa shape index (κ1) is 13.0. The Kier molecular flexibility index (Phi) is 4.02. The number of piperidine rings is 1. The Hall–Kier alpha value is 0.01000. The molecule has 1 saturated heterocycles. The molecule has 3 atom stereocenters. The Morgan fingerprint density at radius 1 is 1.39 bits per heavy atom. The lowest BCUT2D eigenvalue weighted by Gasteiger charge is -2.35. The van der Waals surface area contributed by atoms with Gasteiger partial charge in [0.25, 0.3) is 0 Å². The number of nitrogens with zero attached hydrogens (tertiary/aromatic N) is 1. The van der Waals surface area contributed by atoms with Crippen LogP contribution in [-0.4, -0.2) is 34.6 Å². The quantitative estimate of drug-likeness (QED) is 0.761. The minimum Gasteiger partial charge on any atom is -0.302 e. The molecule has 1 aromatic carbocycles. The van der Waals surface area contributed by atoms with Gasteiger partial charge in [0, 0.05) is 28.1 Å². The molecule has 0 aromatic heterocycles. The third kappa shape index (κ3) is 2.78. The molecule has 18 heavy (non-hydrogen) atoms. The van der Waals surface area contributed by atoms with Crippen LogP contribution in [0, 0.1) is 5.92 Å². The monoisotopic (exact) mass is 325 g/mol. The van der Waals surface area contributed by atoms with E-state index in [0.29, 0.717) is 0 Å². The molecule has 0 aliphatic carbocycles. The van der Waals surface area contributed by atoms with Gasteiger partial charge < -0.3 is 4.90 Å². The highest BCUT2D eigenvalue weighted by Gasteiger charge is 2.28. The Labute approximate surface area is 122 Å². The summed E-state index contributed by atoms with van der Waals surface area (Å²) in [7, 11) is 0. The van der Waals surface area contributed by atoms with E-state index >= 15 is 0 Å². The maximum atomic E-state index is 3.79. The molecule has 0 saturated carbocycles. The second-order valence-corrected chi connectivity index (χ2v) is 8.11. The summed E-state index contributed by atoms with van der Waals surface area (Å²) in [6, 6.07) is 8.88. The summed E-state index contributed by atoms with van der Waals surface area (Å²) in [6.45, 7) is 6.13. The van der Waals surface area contributed by atoms with Crippen molar-refractivity contribution < 1.29 is 0 Å². The molecule has 1 nitrogen and oxygen atoms in total. The van der Waals surface area contributed by atoms with E-state index in [0.717, 1.165) is 16.0 Å². The van der Waals surface area contributed by atoms with Crippen molar-refractivity contribution in [2.75, 3.05) is 19.6 Å². The SMILES string of the molecule is CC1CN(CC2Cc3ccccc3S2)CCC1Br. The fourth-order valence-corrected chi connectivity index (χ4v) is 4.75. The van der Waals surface area contributed by atoms with Gasteiger partial charge in [-0.25, -0.2) is 0 Å². The largest absolute Gasteiger partial charge is 0.302 e. The summed E-state index contributed by atoms with van der Waals surface area (Å²) in [6.07, 6.45) is 2.55. The molecule has 1 aromatic rings. The van der Waals surface area contributed by atoms with Crippen LogP contribution in [0.3, 0.4) is 0 Å². The smallest absolute Gasteiger partial charge is 0.0263 e. The van der Waals surface area contributed by atoms with E-state index in [1.54, 1.807) is 5.56 Å². The van der Waals surface area contributed by atoms with Gasteiger partial charge in [-0.2, -0.15) is 0 Å². The minimum atomic E-state index is 0.724. The normalized spacial score (nSPS) is 32.4. The number of alkyl halides is 1. The van der Waals surface area contributed by atoms with Crippen molar-refractivity contribution in [3.8, 4) is 0 Å². The maximum absolute atomic E-state index is 3.79. The molecule has 3 rings (SSSR count). The predicted molar refractivity (Wildman–Crippen MR) is 82.7 cm³/mol. The number of halogens is 1. The molecule has 98 valence electrons. The van der Waals surface area contributed by atoms with E-state index in [1.165, 1.54) is 37.4 Å². The molecular weight excluding hydrogens is 306 g/mol. The molecule has 0 amide bonds. The fraction of sp³-hybridized carbons (Fsp3) is 0.600. The summed E-state index contributed by atoms with van der Waals surface area (Å²) in [4.78, 5) is 4.89. The molecule has 0 bridgehead atoms. The van der Waals surface area contributed by atoms with Gasteiger partial charge in [-0.15, -0.1) is 11.8 Å². The summed E-state index contributed by atoms with van der Waals surface area (Å²) < 4.78 is 0. The average molecular weight is 326 g/mol. The van der Waals surface area contributed by atoms with Crippen LogP contribution in [0.1, 0.15) is 18.9 Å². The van der Waals surface area contributed by atoms with Crippen molar-refractivity contribution in [3.05, 3.63) is 29.8 Å². The first-order valence-electron chi connectivity index (χ1n) is 6.83. The third-order valence-electron chi connectivity index (χ3n) is 4.06. The van der Waals surface area contributed by atoms with Crippen LogP contribution >= 0.6 is 27.7 Å². The summed E-state index contributed by atoms with van der Waals surface area (Å²) in [5, 5.41) is 0.765. The lowest BCUT2D eigenvalue weighted by Crippen LogP contribution is -2.42. The van der Waals surface area contributed by atoms with Crippen LogP contribution in [0.25, 0.3) is 0 Å². The van der Waals surface area contributed by atoms with E-state index < -0.39 is 0 Å². The zero-order chi connectivity index (χ0) is 12.5. The van der Waals surface area contributed by atoms with Gasteiger partial charge in [-0.1, -0.05) is 41.1 Å². The molecule has 2 aliphatic rings. The average Bonchev–Trinajstić information content (AvgIpc) is 2.76. The van der Waals surface area contributed by atoms with Crippen LogP contribution in [0.4, 0.5) is 0 Å². The van der Waals surface area contributed by atoms with Crippen LogP contribution in [-0.2, 0) is 6.42 Å². The van der Waals surface area contributed by atoms with Crippen LogP contribution < -0.4 is 0 Å². The third-order valence-corrected chi connectivity index (χ3v) is 6.72. The molecular formula is C15H20BrNS. The van der Waals surface area contributed by atoms with E-state index in [9.17, 15) is 0 Å². The van der Waals surface area contributed by atoms with Crippen molar-refractivity contribution in [1.29, 1.82) is 0 Å². The Bertz CT molecular complexity index is 398. The van der Waals surface area contributed by atoms with Gasteiger partial charge >= 0.3 is 0 Å². The Balaban J connectivity index is 1.57. The lowest BCUT2D eigenvalue weighted by atomic mass is 9.99. The summed E-state index contributed by atoms with van der Waals surface area (Å²) >= 11 is 5.86. The minimum absolute atomic E-state index is 0.724. The molecule has 0 N–H and O–H groups in total. The highest BCUT2D eigenvalue weighted by Crippen LogP contribution is 2.37. The van der Waals surface area contributed by atoms with Gasteiger partial charge in [0.2, 0.25) is 0 Å². The fourth-order valence-electron chi connectivity index (χ4n) is 3.01. The first-order valence-corrected chi connectivity index (χ1v) is 8.63. The molecule has 3 heteroatoms. The Morgan fingerprint density at radius 2 is 2.22 bits per heavy atom. The summed E-state index contributed by atoms with van der Waals surface area (Å²) in [5.74, 6) is 0.785. The van der Waals surface area contributed by atoms with E-state index in [2.05, 4.69) is 63.8 Å². The van der Waals surface area contributed by atoms with Crippen molar-refractivity contribution in [2.24, 2.45) is 5.92 Å². The summed E-state index contributed by atoms with van der Waals surface area (Å²) in [5.41, 5.74) is 1.55. The van der Waals surface area contributed by atoms with Crippen LogP contribution in [0.5, 0.6) is 0 Å². The molecule has 2 aliphatic heterocycles. The van der Waals surface area contributed by atoms with Gasteiger partial charge in [-0.05, 0) is 36.9 Å². The van der Waals surface area contributed by atoms with E-state index in [1.807, 2.05) is 0 Å². The highest BCUT2D eigenvalue weighted by molar-refractivity contribution is 9.09. The number of rotatable bonds is 2. The van der Waals surface area contributed by atoms with E-state index in [4.69, 9.17) is 0 Å². The molecule has 2 heterocycles. The van der Waals surface area contributed by atoms with Crippen LogP contribution in [0.15, 0.2) is 29.2 Å². The maximum Gasteiger partial charge on any atom is 0.0263 e. The zero-order valence-corrected chi connectivity index (χ0v) is 13.2. The van der Waals surface area contributed by atoms with Gasteiger partial charge in [0.15, 0.2) is 0 Å². The van der Waals surface area contributed by atoms with Crippen molar-refractivity contribution in [1.82, 2.24) is 4.90 Å². The number of benzene rings is 1. The van der Waals surface area contributed by atoms with Crippen molar-refractivity contribution in [3.63, 3.8) is 0 Å². The van der Waals surface area contributed by atoms with Crippen molar-refractivity contribution in [2.45, 2.75) is 34.7 Å². The second kappa shape index (κ2) is 5.56. The standard InChI is InChI=1S/C15H20BrNS/c1-11-9-17(7-6-14(11)16)10-13-8-12-4-2-3-5-15(12)18-13/h2-5,11,13-14H,6-10H2,1H3. The van der Waals surface area contributed by atoms with E-state index in [-0.39, 0.29) is 0 Å². The number of fused-ring (bicyclic) bond motifs is 1. The molecule has 0 radical (unpaired) electrons. The van der Waals surface area contributed by atoms with Crippen molar-refractivity contribution >= 4 is 27.7 Å².